The highest BCUT2D eigenvalue weighted by atomic mass is 32.2. The summed E-state index contributed by atoms with van der Waals surface area (Å²) < 4.78 is 0. The summed E-state index contributed by atoms with van der Waals surface area (Å²) in [5.41, 5.74) is 0. The molecule has 0 saturated heterocycles. The first-order chi connectivity index (χ1) is 7.29. The van der Waals surface area contributed by atoms with Crippen molar-refractivity contribution in [1.82, 2.24) is 5.32 Å². The zero-order valence-electron chi connectivity index (χ0n) is 10.2. The van der Waals surface area contributed by atoms with Gasteiger partial charge >= 0.3 is 0 Å². The fourth-order valence-electron chi connectivity index (χ4n) is 3.16. The number of hydrogen-bond donors (Lipinski definition) is 1. The fraction of sp³-hybridized carbons (Fsp3) is 1.00. The normalized spacial score (nSPS) is 42.0. The van der Waals surface area contributed by atoms with Crippen molar-refractivity contribution in [2.24, 2.45) is 5.92 Å². The Balaban J connectivity index is 1.72. The minimum atomic E-state index is 0.832. The van der Waals surface area contributed by atoms with E-state index in [1.54, 1.807) is 0 Å². The van der Waals surface area contributed by atoms with Crippen molar-refractivity contribution in [1.29, 1.82) is 0 Å². The molecule has 2 aliphatic rings. The van der Waals surface area contributed by atoms with Crippen molar-refractivity contribution in [2.75, 3.05) is 6.26 Å². The smallest absolute Gasteiger partial charge is 0.00952 e. The molecule has 0 heterocycles. The van der Waals surface area contributed by atoms with E-state index in [0.29, 0.717) is 0 Å². The van der Waals surface area contributed by atoms with Gasteiger partial charge in [-0.15, -0.1) is 0 Å². The van der Waals surface area contributed by atoms with Crippen LogP contribution < -0.4 is 5.32 Å². The molecule has 2 aliphatic carbocycles. The third kappa shape index (κ3) is 3.13. The standard InChI is InChI=1S/C13H25NS/c1-10-4-3-5-13(10)14-11-6-8-12(15-2)9-7-11/h10-14H,3-9H2,1-2H3. The van der Waals surface area contributed by atoms with E-state index < -0.39 is 0 Å². The van der Waals surface area contributed by atoms with Gasteiger partial charge in [-0.2, -0.15) is 11.8 Å². The van der Waals surface area contributed by atoms with Gasteiger partial charge in [-0.25, -0.2) is 0 Å². The van der Waals surface area contributed by atoms with Crippen molar-refractivity contribution < 1.29 is 0 Å². The lowest BCUT2D eigenvalue weighted by Crippen LogP contribution is -2.42. The maximum Gasteiger partial charge on any atom is 0.00952 e. The highest BCUT2D eigenvalue weighted by molar-refractivity contribution is 7.99. The molecule has 1 N–H and O–H groups in total. The zero-order valence-corrected chi connectivity index (χ0v) is 11.0. The second-order valence-corrected chi connectivity index (χ2v) is 6.53. The minimum Gasteiger partial charge on any atom is -0.311 e. The van der Waals surface area contributed by atoms with Gasteiger partial charge in [-0.05, 0) is 50.7 Å². The Morgan fingerprint density at radius 3 is 2.27 bits per heavy atom. The maximum absolute atomic E-state index is 3.90. The summed E-state index contributed by atoms with van der Waals surface area (Å²) in [4.78, 5) is 0. The van der Waals surface area contributed by atoms with Crippen LogP contribution in [0.15, 0.2) is 0 Å². The van der Waals surface area contributed by atoms with E-state index in [1.165, 1.54) is 44.9 Å². The number of thioether (sulfide) groups is 1. The molecule has 0 aromatic heterocycles. The van der Waals surface area contributed by atoms with Crippen molar-refractivity contribution in [3.63, 3.8) is 0 Å². The summed E-state index contributed by atoms with van der Waals surface area (Å²) in [5.74, 6) is 0.920. The predicted octanol–water partition coefficient (Wildman–Crippen LogP) is 3.44. The summed E-state index contributed by atoms with van der Waals surface area (Å²) in [5, 5.41) is 4.85. The van der Waals surface area contributed by atoms with Crippen LogP contribution in [0.1, 0.15) is 51.9 Å². The lowest BCUT2D eigenvalue weighted by molar-refractivity contribution is 0.312. The molecule has 2 heteroatoms. The van der Waals surface area contributed by atoms with Crippen molar-refractivity contribution in [3.8, 4) is 0 Å². The predicted molar refractivity (Wildman–Crippen MR) is 69.5 cm³/mol. The van der Waals surface area contributed by atoms with E-state index in [2.05, 4.69) is 30.3 Å². The van der Waals surface area contributed by atoms with Crippen LogP contribution in [0.4, 0.5) is 0 Å². The maximum atomic E-state index is 3.90. The first-order valence-electron chi connectivity index (χ1n) is 6.58. The molecule has 2 saturated carbocycles. The molecule has 0 radical (unpaired) electrons. The molecule has 2 atom stereocenters. The van der Waals surface area contributed by atoms with E-state index in [4.69, 9.17) is 0 Å². The summed E-state index contributed by atoms with van der Waals surface area (Å²) in [6.07, 6.45) is 12.3. The second kappa shape index (κ2) is 5.58. The summed E-state index contributed by atoms with van der Waals surface area (Å²) >= 11 is 2.06. The lowest BCUT2D eigenvalue weighted by Gasteiger charge is -2.31. The third-order valence-electron chi connectivity index (χ3n) is 4.32. The quantitative estimate of drug-likeness (QED) is 0.792. The molecule has 2 unspecified atom stereocenters. The number of hydrogen-bond acceptors (Lipinski definition) is 2. The Hall–Kier alpha value is 0.310. The molecule has 0 spiro atoms. The molecule has 0 aromatic carbocycles. The average molecular weight is 227 g/mol. The van der Waals surface area contributed by atoms with Crippen molar-refractivity contribution >= 4 is 11.8 Å². The van der Waals surface area contributed by atoms with E-state index >= 15 is 0 Å². The molecule has 0 amide bonds. The van der Waals surface area contributed by atoms with E-state index in [1.807, 2.05) is 0 Å². The average Bonchev–Trinajstić information content (AvgIpc) is 2.66. The Morgan fingerprint density at radius 1 is 1.00 bits per heavy atom. The topological polar surface area (TPSA) is 12.0 Å². The largest absolute Gasteiger partial charge is 0.311 e. The molecule has 15 heavy (non-hydrogen) atoms. The van der Waals surface area contributed by atoms with Crippen LogP contribution in [-0.2, 0) is 0 Å². The summed E-state index contributed by atoms with van der Waals surface area (Å²) in [7, 11) is 0. The minimum absolute atomic E-state index is 0.832. The molecule has 0 bridgehead atoms. The van der Waals surface area contributed by atoms with Gasteiger partial charge in [0.25, 0.3) is 0 Å². The van der Waals surface area contributed by atoms with Gasteiger partial charge in [0.15, 0.2) is 0 Å². The van der Waals surface area contributed by atoms with E-state index in [-0.39, 0.29) is 0 Å². The Labute approximate surface area is 98.8 Å². The van der Waals surface area contributed by atoms with E-state index in [0.717, 1.165) is 23.3 Å². The first-order valence-corrected chi connectivity index (χ1v) is 7.87. The van der Waals surface area contributed by atoms with E-state index in [9.17, 15) is 0 Å². The van der Waals surface area contributed by atoms with Gasteiger partial charge in [0, 0.05) is 17.3 Å². The SMILES string of the molecule is CSC1CCC(NC2CCCC2C)CC1. The highest BCUT2D eigenvalue weighted by Crippen LogP contribution is 2.30. The number of nitrogens with one attached hydrogen (secondary N) is 1. The third-order valence-corrected chi connectivity index (χ3v) is 5.46. The van der Waals surface area contributed by atoms with Gasteiger partial charge in [0.05, 0.1) is 0 Å². The van der Waals surface area contributed by atoms with Gasteiger partial charge < -0.3 is 5.32 Å². The summed E-state index contributed by atoms with van der Waals surface area (Å²) in [6.45, 7) is 2.41. The monoisotopic (exact) mass is 227 g/mol. The zero-order chi connectivity index (χ0) is 10.7. The van der Waals surface area contributed by atoms with Crippen LogP contribution >= 0.6 is 11.8 Å². The van der Waals surface area contributed by atoms with Crippen LogP contribution in [0.3, 0.4) is 0 Å². The van der Waals surface area contributed by atoms with Gasteiger partial charge in [-0.1, -0.05) is 13.3 Å². The first kappa shape index (κ1) is 11.8. The van der Waals surface area contributed by atoms with Gasteiger partial charge in [0.1, 0.15) is 0 Å². The molecule has 0 aromatic rings. The fourth-order valence-corrected chi connectivity index (χ4v) is 3.90. The molecular weight excluding hydrogens is 202 g/mol. The Bertz CT molecular complexity index is 187. The second-order valence-electron chi connectivity index (χ2n) is 5.39. The number of rotatable bonds is 3. The van der Waals surface area contributed by atoms with Gasteiger partial charge in [-0.3, -0.25) is 0 Å². The van der Waals surface area contributed by atoms with Crippen LogP contribution in [-0.4, -0.2) is 23.6 Å². The molecule has 2 fully saturated rings. The van der Waals surface area contributed by atoms with Crippen LogP contribution in [0.5, 0.6) is 0 Å². The van der Waals surface area contributed by atoms with Crippen LogP contribution in [0, 0.1) is 5.92 Å². The lowest BCUT2D eigenvalue weighted by atomic mass is 9.93. The summed E-state index contributed by atoms with van der Waals surface area (Å²) in [6, 6.07) is 1.67. The molecular formula is C13H25NS. The molecule has 2 rings (SSSR count). The van der Waals surface area contributed by atoms with Crippen molar-refractivity contribution in [2.45, 2.75) is 69.2 Å². The molecule has 88 valence electrons. The van der Waals surface area contributed by atoms with Crippen LogP contribution in [0.2, 0.25) is 0 Å². The van der Waals surface area contributed by atoms with Crippen molar-refractivity contribution in [3.05, 3.63) is 0 Å². The van der Waals surface area contributed by atoms with Crippen LogP contribution in [0.25, 0.3) is 0 Å². The van der Waals surface area contributed by atoms with Gasteiger partial charge in [0.2, 0.25) is 0 Å². The molecule has 1 nitrogen and oxygen atoms in total. The Kier molecular flexibility index (Phi) is 4.39. The molecule has 0 aliphatic heterocycles. The Morgan fingerprint density at radius 2 is 1.73 bits per heavy atom. The highest BCUT2D eigenvalue weighted by Gasteiger charge is 2.27.